The van der Waals surface area contributed by atoms with Gasteiger partial charge in [-0.1, -0.05) is 24.3 Å². The van der Waals surface area contributed by atoms with Crippen molar-refractivity contribution in [2.45, 2.75) is 0 Å². The van der Waals surface area contributed by atoms with E-state index in [9.17, 15) is 9.90 Å². The lowest BCUT2D eigenvalue weighted by molar-refractivity contribution is 0.102. The number of hydrogen-bond donors (Lipinski definition) is 3. The van der Waals surface area contributed by atoms with Crippen molar-refractivity contribution in [2.24, 2.45) is 0 Å². The molecule has 0 saturated heterocycles. The minimum absolute atomic E-state index is 0.0495. The van der Waals surface area contributed by atoms with Gasteiger partial charge < -0.3 is 14.6 Å². The standard InChI is InChI=1S/C17H13NO3S/c19-16-10-12-4-2-1-3-11(12)9-15(16)17(20)18-13-5-7-14(21-22)8-6-13/h1-10,19,22H,(H,18,20). The monoisotopic (exact) mass is 311 g/mol. The number of benzene rings is 3. The highest BCUT2D eigenvalue weighted by atomic mass is 32.1. The molecule has 0 aromatic heterocycles. The number of hydrogen-bond acceptors (Lipinski definition) is 4. The van der Waals surface area contributed by atoms with E-state index in [1.807, 2.05) is 24.3 Å². The molecule has 0 aliphatic carbocycles. The van der Waals surface area contributed by atoms with Crippen LogP contribution in [0.4, 0.5) is 5.69 Å². The van der Waals surface area contributed by atoms with Crippen LogP contribution in [0.25, 0.3) is 10.8 Å². The van der Waals surface area contributed by atoms with Crippen molar-refractivity contribution >= 4 is 35.3 Å². The lowest BCUT2D eigenvalue weighted by Crippen LogP contribution is -2.12. The van der Waals surface area contributed by atoms with Crippen LogP contribution in [0.1, 0.15) is 10.4 Å². The van der Waals surface area contributed by atoms with Gasteiger partial charge in [0, 0.05) is 18.6 Å². The number of thiol groups is 1. The van der Waals surface area contributed by atoms with E-state index in [0.717, 1.165) is 10.8 Å². The summed E-state index contributed by atoms with van der Waals surface area (Å²) in [6, 6.07) is 17.6. The van der Waals surface area contributed by atoms with E-state index in [-0.39, 0.29) is 17.2 Å². The Kier molecular flexibility index (Phi) is 3.89. The number of carbonyl (C=O) groups is 1. The molecule has 5 heteroatoms. The molecule has 110 valence electrons. The predicted octanol–water partition coefficient (Wildman–Crippen LogP) is 4.02. The first-order chi connectivity index (χ1) is 10.7. The summed E-state index contributed by atoms with van der Waals surface area (Å²) in [6.45, 7) is 0. The van der Waals surface area contributed by atoms with Crippen LogP contribution in [0.3, 0.4) is 0 Å². The Labute approximate surface area is 133 Å². The second-order valence-electron chi connectivity index (χ2n) is 4.79. The molecule has 0 aliphatic heterocycles. The summed E-state index contributed by atoms with van der Waals surface area (Å²) < 4.78 is 4.77. The molecule has 0 unspecified atom stereocenters. The van der Waals surface area contributed by atoms with Gasteiger partial charge >= 0.3 is 0 Å². The van der Waals surface area contributed by atoms with Crippen LogP contribution >= 0.6 is 12.9 Å². The third-order valence-corrected chi connectivity index (χ3v) is 3.54. The second-order valence-corrected chi connectivity index (χ2v) is 4.97. The van der Waals surface area contributed by atoms with Crippen LogP contribution in [-0.4, -0.2) is 11.0 Å². The van der Waals surface area contributed by atoms with Crippen molar-refractivity contribution in [1.82, 2.24) is 0 Å². The first-order valence-electron chi connectivity index (χ1n) is 6.62. The first-order valence-corrected chi connectivity index (χ1v) is 6.98. The molecule has 0 heterocycles. The summed E-state index contributed by atoms with van der Waals surface area (Å²) in [4.78, 5) is 12.3. The summed E-state index contributed by atoms with van der Waals surface area (Å²) in [5, 5.41) is 14.6. The Bertz CT molecular complexity index is 831. The van der Waals surface area contributed by atoms with Gasteiger partial charge in [0.15, 0.2) is 0 Å². The van der Waals surface area contributed by atoms with Crippen LogP contribution in [0.15, 0.2) is 60.7 Å². The number of amides is 1. The molecule has 3 rings (SSSR count). The van der Waals surface area contributed by atoms with E-state index in [1.54, 1.807) is 36.4 Å². The Morgan fingerprint density at radius 2 is 1.64 bits per heavy atom. The van der Waals surface area contributed by atoms with Crippen molar-refractivity contribution in [3.05, 3.63) is 66.2 Å². The summed E-state index contributed by atoms with van der Waals surface area (Å²) in [7, 11) is 0. The molecule has 0 atom stereocenters. The minimum Gasteiger partial charge on any atom is -0.507 e. The zero-order chi connectivity index (χ0) is 15.5. The maximum Gasteiger partial charge on any atom is 0.259 e. The van der Waals surface area contributed by atoms with Gasteiger partial charge in [0.05, 0.1) is 5.56 Å². The molecule has 22 heavy (non-hydrogen) atoms. The Hall–Kier alpha value is -2.66. The molecule has 3 aromatic carbocycles. The normalized spacial score (nSPS) is 10.4. The van der Waals surface area contributed by atoms with Gasteiger partial charge in [-0.2, -0.15) is 0 Å². The fourth-order valence-corrected chi connectivity index (χ4v) is 2.33. The molecule has 1 amide bonds. The van der Waals surface area contributed by atoms with Gasteiger partial charge in [0.2, 0.25) is 0 Å². The lowest BCUT2D eigenvalue weighted by atomic mass is 10.1. The highest BCUT2D eigenvalue weighted by Crippen LogP contribution is 2.26. The van der Waals surface area contributed by atoms with E-state index < -0.39 is 0 Å². The van der Waals surface area contributed by atoms with E-state index >= 15 is 0 Å². The third-order valence-electron chi connectivity index (χ3n) is 3.33. The number of phenols is 1. The zero-order valence-corrected chi connectivity index (χ0v) is 12.4. The van der Waals surface area contributed by atoms with Gasteiger partial charge in [-0.15, -0.1) is 0 Å². The third kappa shape index (κ3) is 2.84. The van der Waals surface area contributed by atoms with Crippen molar-refractivity contribution in [3.63, 3.8) is 0 Å². The lowest BCUT2D eigenvalue weighted by Gasteiger charge is -2.09. The molecular formula is C17H13NO3S. The number of phenolic OH excluding ortho intramolecular Hbond substituents is 1. The maximum absolute atomic E-state index is 12.3. The van der Waals surface area contributed by atoms with E-state index in [2.05, 4.69) is 18.2 Å². The van der Waals surface area contributed by atoms with Crippen molar-refractivity contribution in [1.29, 1.82) is 0 Å². The highest BCUT2D eigenvalue weighted by Gasteiger charge is 2.12. The topological polar surface area (TPSA) is 58.6 Å². The van der Waals surface area contributed by atoms with Crippen LogP contribution in [-0.2, 0) is 0 Å². The van der Waals surface area contributed by atoms with E-state index in [0.29, 0.717) is 11.4 Å². The second kappa shape index (κ2) is 5.99. The average Bonchev–Trinajstić information content (AvgIpc) is 2.54. The number of fused-ring (bicyclic) bond motifs is 1. The molecule has 3 aromatic rings. The van der Waals surface area contributed by atoms with Crippen molar-refractivity contribution in [3.8, 4) is 11.5 Å². The van der Waals surface area contributed by atoms with Gasteiger partial charge in [0.1, 0.15) is 11.5 Å². The number of aromatic hydroxyl groups is 1. The highest BCUT2D eigenvalue weighted by molar-refractivity contribution is 7.75. The number of nitrogens with one attached hydrogen (secondary N) is 1. The molecular weight excluding hydrogens is 298 g/mol. The Morgan fingerprint density at radius 1 is 1.00 bits per heavy atom. The molecule has 0 spiro atoms. The van der Waals surface area contributed by atoms with Crippen LogP contribution in [0.5, 0.6) is 11.5 Å². The minimum atomic E-state index is -0.372. The average molecular weight is 311 g/mol. The Morgan fingerprint density at radius 3 is 2.27 bits per heavy atom. The fourth-order valence-electron chi connectivity index (χ4n) is 2.21. The van der Waals surface area contributed by atoms with Crippen LogP contribution in [0, 0.1) is 0 Å². The molecule has 0 fully saturated rings. The summed E-state index contributed by atoms with van der Waals surface area (Å²) in [5.41, 5.74) is 0.833. The predicted molar refractivity (Wildman–Crippen MR) is 89.6 cm³/mol. The summed E-state index contributed by atoms with van der Waals surface area (Å²) in [6.07, 6.45) is 0. The van der Waals surface area contributed by atoms with Crippen LogP contribution < -0.4 is 9.50 Å². The zero-order valence-electron chi connectivity index (χ0n) is 11.5. The van der Waals surface area contributed by atoms with Gasteiger partial charge in [-0.25, -0.2) is 0 Å². The molecule has 0 saturated carbocycles. The number of rotatable bonds is 3. The molecule has 0 radical (unpaired) electrons. The molecule has 0 aliphatic rings. The molecule has 0 bridgehead atoms. The summed E-state index contributed by atoms with van der Waals surface area (Å²) in [5.74, 6) is 0.157. The van der Waals surface area contributed by atoms with Crippen molar-refractivity contribution in [2.75, 3.05) is 5.32 Å². The largest absolute Gasteiger partial charge is 0.507 e. The fraction of sp³-hybridized carbons (Fsp3) is 0. The SMILES string of the molecule is O=C(Nc1ccc(OS)cc1)c1cc2ccccc2cc1O. The molecule has 2 N–H and O–H groups in total. The smallest absolute Gasteiger partial charge is 0.259 e. The van der Waals surface area contributed by atoms with Gasteiger partial charge in [0.25, 0.3) is 5.91 Å². The molecule has 4 nitrogen and oxygen atoms in total. The number of anilines is 1. The Balaban J connectivity index is 1.89. The maximum atomic E-state index is 12.3. The van der Waals surface area contributed by atoms with Crippen molar-refractivity contribution < 1.29 is 14.1 Å². The van der Waals surface area contributed by atoms with E-state index in [1.165, 1.54) is 0 Å². The van der Waals surface area contributed by atoms with E-state index in [4.69, 9.17) is 4.18 Å². The first kappa shape index (κ1) is 14.3. The quantitative estimate of drug-likeness (QED) is 0.506. The van der Waals surface area contributed by atoms with Gasteiger partial charge in [-0.3, -0.25) is 4.79 Å². The van der Waals surface area contributed by atoms with Gasteiger partial charge in [-0.05, 0) is 47.2 Å². The summed E-state index contributed by atoms with van der Waals surface area (Å²) >= 11 is 3.70. The number of carbonyl (C=O) groups excluding carboxylic acids is 1. The van der Waals surface area contributed by atoms with Crippen LogP contribution in [0.2, 0.25) is 0 Å².